The van der Waals surface area contributed by atoms with Gasteiger partial charge in [-0.1, -0.05) is 19.9 Å². The standard InChI is InChI=1S/C14H23N3O2/c1-4-16(5-2)10-6-9-15-14-11-13(17(18)19)8-7-12(14)3/h7-8,11,15H,4-6,9-10H2,1-3H3. The normalized spacial score (nSPS) is 10.7. The molecule has 0 unspecified atom stereocenters. The van der Waals surface area contributed by atoms with Crippen LogP contribution in [-0.4, -0.2) is 36.0 Å². The van der Waals surface area contributed by atoms with E-state index in [1.165, 1.54) is 6.07 Å². The molecule has 0 aliphatic rings. The van der Waals surface area contributed by atoms with E-state index in [-0.39, 0.29) is 10.6 Å². The van der Waals surface area contributed by atoms with E-state index in [1.807, 2.05) is 6.92 Å². The largest absolute Gasteiger partial charge is 0.385 e. The first kappa shape index (κ1) is 15.4. The third kappa shape index (κ3) is 4.87. The van der Waals surface area contributed by atoms with Crippen molar-refractivity contribution in [2.24, 2.45) is 0 Å². The molecule has 0 saturated heterocycles. The highest BCUT2D eigenvalue weighted by Gasteiger charge is 2.08. The van der Waals surface area contributed by atoms with Crippen LogP contribution in [0.25, 0.3) is 0 Å². The van der Waals surface area contributed by atoms with Crippen molar-refractivity contribution in [2.75, 3.05) is 31.5 Å². The summed E-state index contributed by atoms with van der Waals surface area (Å²) in [5.74, 6) is 0. The lowest BCUT2D eigenvalue weighted by molar-refractivity contribution is -0.384. The lowest BCUT2D eigenvalue weighted by atomic mass is 10.2. The first-order valence-electron chi connectivity index (χ1n) is 6.79. The van der Waals surface area contributed by atoms with Crippen molar-refractivity contribution in [3.8, 4) is 0 Å². The van der Waals surface area contributed by atoms with Crippen LogP contribution in [0.5, 0.6) is 0 Å². The fourth-order valence-corrected chi connectivity index (χ4v) is 1.98. The number of aryl methyl sites for hydroxylation is 1. The number of hydrogen-bond acceptors (Lipinski definition) is 4. The van der Waals surface area contributed by atoms with Crippen molar-refractivity contribution in [2.45, 2.75) is 27.2 Å². The van der Waals surface area contributed by atoms with Crippen LogP contribution in [0.2, 0.25) is 0 Å². The fraction of sp³-hybridized carbons (Fsp3) is 0.571. The minimum atomic E-state index is -0.361. The molecule has 0 saturated carbocycles. The van der Waals surface area contributed by atoms with Crippen molar-refractivity contribution in [1.29, 1.82) is 0 Å². The van der Waals surface area contributed by atoms with Gasteiger partial charge in [-0.15, -0.1) is 0 Å². The number of non-ortho nitro benzene ring substituents is 1. The monoisotopic (exact) mass is 265 g/mol. The quantitative estimate of drug-likeness (QED) is 0.446. The molecule has 1 rings (SSSR count). The van der Waals surface area contributed by atoms with Crippen molar-refractivity contribution in [3.05, 3.63) is 33.9 Å². The summed E-state index contributed by atoms with van der Waals surface area (Å²) in [7, 11) is 0. The van der Waals surface area contributed by atoms with Gasteiger partial charge in [0.05, 0.1) is 4.92 Å². The van der Waals surface area contributed by atoms with Crippen LogP contribution in [0.1, 0.15) is 25.8 Å². The second-order valence-electron chi connectivity index (χ2n) is 4.56. The van der Waals surface area contributed by atoms with Crippen LogP contribution in [0.4, 0.5) is 11.4 Å². The van der Waals surface area contributed by atoms with Crippen LogP contribution in [0.3, 0.4) is 0 Å². The average molecular weight is 265 g/mol. The van der Waals surface area contributed by atoms with Gasteiger partial charge in [0.2, 0.25) is 0 Å². The van der Waals surface area contributed by atoms with Gasteiger partial charge in [0, 0.05) is 24.4 Å². The molecule has 0 heterocycles. The molecule has 0 spiro atoms. The Morgan fingerprint density at radius 2 is 2.00 bits per heavy atom. The summed E-state index contributed by atoms with van der Waals surface area (Å²) in [6.07, 6.45) is 1.03. The van der Waals surface area contributed by atoms with E-state index < -0.39 is 0 Å². The zero-order valence-corrected chi connectivity index (χ0v) is 12.0. The van der Waals surface area contributed by atoms with Crippen molar-refractivity contribution in [3.63, 3.8) is 0 Å². The Balaban J connectivity index is 2.48. The van der Waals surface area contributed by atoms with E-state index in [9.17, 15) is 10.1 Å². The summed E-state index contributed by atoms with van der Waals surface area (Å²) in [6, 6.07) is 4.92. The molecule has 0 amide bonds. The van der Waals surface area contributed by atoms with Gasteiger partial charge in [-0.2, -0.15) is 0 Å². The van der Waals surface area contributed by atoms with E-state index in [0.717, 1.165) is 43.9 Å². The van der Waals surface area contributed by atoms with Crippen LogP contribution in [0.15, 0.2) is 18.2 Å². The highest BCUT2D eigenvalue weighted by Crippen LogP contribution is 2.21. The van der Waals surface area contributed by atoms with Gasteiger partial charge >= 0.3 is 0 Å². The lowest BCUT2D eigenvalue weighted by Crippen LogP contribution is -2.25. The zero-order chi connectivity index (χ0) is 14.3. The molecule has 19 heavy (non-hydrogen) atoms. The molecule has 0 aromatic heterocycles. The van der Waals surface area contributed by atoms with Gasteiger partial charge < -0.3 is 10.2 Å². The lowest BCUT2D eigenvalue weighted by Gasteiger charge is -2.18. The molecule has 5 heteroatoms. The summed E-state index contributed by atoms with van der Waals surface area (Å²) in [5.41, 5.74) is 2.03. The van der Waals surface area contributed by atoms with Crippen LogP contribution in [-0.2, 0) is 0 Å². The molecular weight excluding hydrogens is 242 g/mol. The Labute approximate surface area is 114 Å². The third-order valence-electron chi connectivity index (χ3n) is 3.29. The molecule has 0 fully saturated rings. The SMILES string of the molecule is CCN(CC)CCCNc1cc([N+](=O)[O-])ccc1C. The van der Waals surface area contributed by atoms with Crippen molar-refractivity contribution >= 4 is 11.4 Å². The maximum absolute atomic E-state index is 10.7. The van der Waals surface area contributed by atoms with Crippen LogP contribution >= 0.6 is 0 Å². The predicted molar refractivity (Wildman–Crippen MR) is 78.7 cm³/mol. The van der Waals surface area contributed by atoms with E-state index in [1.54, 1.807) is 12.1 Å². The molecule has 5 nitrogen and oxygen atoms in total. The van der Waals surface area contributed by atoms with Gasteiger partial charge in [0.1, 0.15) is 0 Å². The Morgan fingerprint density at radius 3 is 2.58 bits per heavy atom. The van der Waals surface area contributed by atoms with E-state index in [2.05, 4.69) is 24.1 Å². The minimum absolute atomic E-state index is 0.136. The summed E-state index contributed by atoms with van der Waals surface area (Å²) in [4.78, 5) is 12.7. The molecule has 1 aromatic rings. The van der Waals surface area contributed by atoms with Gasteiger partial charge in [-0.3, -0.25) is 10.1 Å². The number of benzene rings is 1. The number of nitro groups is 1. The summed E-state index contributed by atoms with van der Waals surface area (Å²) in [6.45, 7) is 10.3. The molecule has 1 N–H and O–H groups in total. The van der Waals surface area contributed by atoms with Gasteiger partial charge in [0.15, 0.2) is 0 Å². The molecule has 106 valence electrons. The molecular formula is C14H23N3O2. The van der Waals surface area contributed by atoms with Gasteiger partial charge in [-0.25, -0.2) is 0 Å². The fourth-order valence-electron chi connectivity index (χ4n) is 1.98. The Bertz CT molecular complexity index is 417. The molecule has 0 aliphatic heterocycles. The number of anilines is 1. The van der Waals surface area contributed by atoms with E-state index >= 15 is 0 Å². The van der Waals surface area contributed by atoms with Gasteiger partial charge in [0.25, 0.3) is 5.69 Å². The maximum atomic E-state index is 10.7. The predicted octanol–water partition coefficient (Wildman–Crippen LogP) is 3.05. The maximum Gasteiger partial charge on any atom is 0.271 e. The summed E-state index contributed by atoms with van der Waals surface area (Å²) in [5, 5.41) is 14.0. The Hall–Kier alpha value is -1.62. The Kier molecular flexibility index (Phi) is 6.29. The van der Waals surface area contributed by atoms with Crippen molar-refractivity contribution < 1.29 is 4.92 Å². The molecule has 0 radical (unpaired) electrons. The molecule has 0 bridgehead atoms. The van der Waals surface area contributed by atoms with Crippen LogP contribution in [0, 0.1) is 17.0 Å². The number of nitrogens with zero attached hydrogens (tertiary/aromatic N) is 2. The number of hydrogen-bond donors (Lipinski definition) is 1. The topological polar surface area (TPSA) is 58.4 Å². The van der Waals surface area contributed by atoms with Crippen molar-refractivity contribution in [1.82, 2.24) is 4.90 Å². The zero-order valence-electron chi connectivity index (χ0n) is 12.0. The number of nitro benzene ring substituents is 1. The molecule has 0 aliphatic carbocycles. The summed E-state index contributed by atoms with van der Waals surface area (Å²) >= 11 is 0. The van der Waals surface area contributed by atoms with Gasteiger partial charge in [-0.05, 0) is 38.5 Å². The highest BCUT2D eigenvalue weighted by atomic mass is 16.6. The average Bonchev–Trinajstić information content (AvgIpc) is 2.40. The van der Waals surface area contributed by atoms with Crippen LogP contribution < -0.4 is 5.32 Å². The first-order chi connectivity index (χ1) is 9.08. The number of rotatable bonds is 8. The van der Waals surface area contributed by atoms with E-state index in [0.29, 0.717) is 0 Å². The first-order valence-corrected chi connectivity index (χ1v) is 6.79. The molecule has 1 aromatic carbocycles. The number of nitrogens with one attached hydrogen (secondary N) is 1. The summed E-state index contributed by atoms with van der Waals surface area (Å²) < 4.78 is 0. The second-order valence-corrected chi connectivity index (χ2v) is 4.56. The second kappa shape index (κ2) is 7.74. The molecule has 0 atom stereocenters. The van der Waals surface area contributed by atoms with E-state index in [4.69, 9.17) is 0 Å². The third-order valence-corrected chi connectivity index (χ3v) is 3.29. The Morgan fingerprint density at radius 1 is 1.32 bits per heavy atom. The highest BCUT2D eigenvalue weighted by molar-refractivity contribution is 5.56. The smallest absolute Gasteiger partial charge is 0.271 e. The minimum Gasteiger partial charge on any atom is -0.385 e.